The summed E-state index contributed by atoms with van der Waals surface area (Å²) in [5.74, 6) is 0.477. The van der Waals surface area contributed by atoms with E-state index in [-0.39, 0.29) is 42.4 Å². The van der Waals surface area contributed by atoms with Crippen LogP contribution in [-0.4, -0.2) is 41.5 Å². The normalized spacial score (nSPS) is 20.5. The molecule has 2 unspecified atom stereocenters. The first-order chi connectivity index (χ1) is 10.5. The lowest BCUT2D eigenvalue weighted by atomic mass is 9.92. The molecule has 1 aliphatic rings. The van der Waals surface area contributed by atoms with Crippen LogP contribution in [-0.2, 0) is 4.79 Å². The molecule has 8 heteroatoms. The molecule has 2 atom stereocenters. The molecule has 0 radical (unpaired) electrons. The summed E-state index contributed by atoms with van der Waals surface area (Å²) in [6.07, 6.45) is 1.82. The minimum absolute atomic E-state index is 0. The number of nitro groups is 1. The number of carbonyl (C=O) groups is 1. The van der Waals surface area contributed by atoms with Crippen LogP contribution in [0.1, 0.15) is 19.8 Å². The summed E-state index contributed by atoms with van der Waals surface area (Å²) in [5, 5.41) is 10.9. The van der Waals surface area contributed by atoms with E-state index in [1.165, 1.54) is 12.1 Å². The largest absolute Gasteiger partial charge is 0.477 e. The Morgan fingerprint density at radius 3 is 2.83 bits per heavy atom. The second-order valence-electron chi connectivity index (χ2n) is 5.62. The van der Waals surface area contributed by atoms with E-state index >= 15 is 0 Å². The van der Waals surface area contributed by atoms with E-state index in [9.17, 15) is 14.9 Å². The van der Waals surface area contributed by atoms with Crippen LogP contribution in [0.25, 0.3) is 0 Å². The van der Waals surface area contributed by atoms with Gasteiger partial charge < -0.3 is 15.4 Å². The van der Waals surface area contributed by atoms with Crippen LogP contribution in [0.5, 0.6) is 5.75 Å². The summed E-state index contributed by atoms with van der Waals surface area (Å²) in [7, 11) is 0. The number of piperidine rings is 1. The van der Waals surface area contributed by atoms with Crippen LogP contribution in [0.4, 0.5) is 5.69 Å². The number of nitro benzene ring substituents is 1. The Hall–Kier alpha value is -1.86. The fourth-order valence-corrected chi connectivity index (χ4v) is 2.76. The Bertz CT molecular complexity index is 555. The third-order valence-corrected chi connectivity index (χ3v) is 3.98. The number of carbonyl (C=O) groups excluding carboxylic acids is 1. The molecule has 128 valence electrons. The van der Waals surface area contributed by atoms with Crippen molar-refractivity contribution in [3.05, 3.63) is 34.4 Å². The highest BCUT2D eigenvalue weighted by atomic mass is 35.5. The quantitative estimate of drug-likeness (QED) is 0.651. The Morgan fingerprint density at radius 1 is 1.48 bits per heavy atom. The number of ether oxygens (including phenoxy) is 1. The van der Waals surface area contributed by atoms with Gasteiger partial charge in [0.25, 0.3) is 5.91 Å². The average Bonchev–Trinajstić information content (AvgIpc) is 2.52. The van der Waals surface area contributed by atoms with Crippen LogP contribution in [0, 0.1) is 16.0 Å². The first-order valence-corrected chi connectivity index (χ1v) is 7.38. The predicted molar refractivity (Wildman–Crippen MR) is 88.8 cm³/mol. The van der Waals surface area contributed by atoms with Gasteiger partial charge in [0.1, 0.15) is 0 Å². The van der Waals surface area contributed by atoms with Crippen molar-refractivity contribution < 1.29 is 14.5 Å². The number of nitrogens with zero attached hydrogens (tertiary/aromatic N) is 2. The molecule has 1 fully saturated rings. The molecule has 1 aromatic rings. The van der Waals surface area contributed by atoms with Gasteiger partial charge in [0.2, 0.25) is 0 Å². The Balaban J connectivity index is 0.00000264. The van der Waals surface area contributed by atoms with E-state index in [0.29, 0.717) is 19.0 Å². The minimum atomic E-state index is -0.523. The minimum Gasteiger partial charge on any atom is -0.477 e. The Kier molecular flexibility index (Phi) is 7.25. The molecule has 0 bridgehead atoms. The van der Waals surface area contributed by atoms with Gasteiger partial charge in [-0.2, -0.15) is 0 Å². The molecule has 7 nitrogen and oxygen atoms in total. The maximum Gasteiger partial charge on any atom is 0.310 e. The van der Waals surface area contributed by atoms with E-state index in [1.54, 1.807) is 17.0 Å². The smallest absolute Gasteiger partial charge is 0.310 e. The molecule has 1 aliphatic heterocycles. The number of nitrogens with two attached hydrogens (primary N) is 1. The third kappa shape index (κ3) is 4.80. The highest BCUT2D eigenvalue weighted by molar-refractivity contribution is 5.85. The number of benzene rings is 1. The number of hydrogen-bond donors (Lipinski definition) is 1. The number of amides is 1. The van der Waals surface area contributed by atoms with Gasteiger partial charge in [-0.1, -0.05) is 19.1 Å². The SMILES string of the molecule is CC1CCN(C(=O)COc2ccccc2[N+](=O)[O-])C(CN)C1.Cl. The summed E-state index contributed by atoms with van der Waals surface area (Å²) in [5.41, 5.74) is 5.60. The Morgan fingerprint density at radius 2 is 2.17 bits per heavy atom. The average molecular weight is 344 g/mol. The number of likely N-dealkylation sites (tertiary alicyclic amines) is 1. The molecule has 2 rings (SSSR count). The van der Waals surface area contributed by atoms with Gasteiger partial charge in [0.15, 0.2) is 12.4 Å². The molecule has 0 spiro atoms. The molecular formula is C15H22ClN3O4. The van der Waals surface area contributed by atoms with Crippen LogP contribution < -0.4 is 10.5 Å². The maximum atomic E-state index is 12.3. The van der Waals surface area contributed by atoms with Crippen molar-refractivity contribution in [3.8, 4) is 5.75 Å². The number of rotatable bonds is 5. The van der Waals surface area contributed by atoms with E-state index < -0.39 is 4.92 Å². The zero-order valence-corrected chi connectivity index (χ0v) is 13.8. The second-order valence-corrected chi connectivity index (χ2v) is 5.62. The molecule has 1 amide bonds. The Labute approximate surface area is 141 Å². The first-order valence-electron chi connectivity index (χ1n) is 7.38. The zero-order chi connectivity index (χ0) is 16.1. The molecule has 1 saturated heterocycles. The fourth-order valence-electron chi connectivity index (χ4n) is 2.76. The maximum absolute atomic E-state index is 12.3. The van der Waals surface area contributed by atoms with Crippen molar-refractivity contribution in [1.29, 1.82) is 0 Å². The first kappa shape index (κ1) is 19.2. The molecule has 0 aromatic heterocycles. The number of halogens is 1. The third-order valence-electron chi connectivity index (χ3n) is 3.98. The predicted octanol–water partition coefficient (Wildman–Crippen LogP) is 1.98. The van der Waals surface area contributed by atoms with E-state index in [1.807, 2.05) is 0 Å². The molecule has 0 saturated carbocycles. The van der Waals surface area contributed by atoms with Crippen LogP contribution in [0.2, 0.25) is 0 Å². The van der Waals surface area contributed by atoms with Crippen molar-refractivity contribution in [1.82, 2.24) is 4.90 Å². The van der Waals surface area contributed by atoms with Gasteiger partial charge in [-0.15, -0.1) is 12.4 Å². The molecular weight excluding hydrogens is 322 g/mol. The molecule has 23 heavy (non-hydrogen) atoms. The lowest BCUT2D eigenvalue weighted by Gasteiger charge is -2.37. The monoisotopic (exact) mass is 343 g/mol. The topological polar surface area (TPSA) is 98.7 Å². The van der Waals surface area contributed by atoms with Gasteiger partial charge in [0.05, 0.1) is 4.92 Å². The summed E-state index contributed by atoms with van der Waals surface area (Å²) >= 11 is 0. The van der Waals surface area contributed by atoms with Gasteiger partial charge in [-0.25, -0.2) is 0 Å². The molecule has 1 heterocycles. The van der Waals surface area contributed by atoms with Crippen LogP contribution in [0.15, 0.2) is 24.3 Å². The molecule has 0 aliphatic carbocycles. The standard InChI is InChI=1S/C15H21N3O4.ClH/c1-11-6-7-17(12(8-11)9-16)15(19)10-22-14-5-3-2-4-13(14)18(20)21;/h2-5,11-12H,6-10,16H2,1H3;1H. The lowest BCUT2D eigenvalue weighted by molar-refractivity contribution is -0.385. The van der Waals surface area contributed by atoms with Crippen molar-refractivity contribution in [2.75, 3.05) is 19.7 Å². The van der Waals surface area contributed by atoms with Crippen molar-refractivity contribution in [3.63, 3.8) is 0 Å². The van der Waals surface area contributed by atoms with Crippen LogP contribution in [0.3, 0.4) is 0 Å². The fraction of sp³-hybridized carbons (Fsp3) is 0.533. The second kappa shape index (κ2) is 8.69. The highest BCUT2D eigenvalue weighted by Crippen LogP contribution is 2.26. The lowest BCUT2D eigenvalue weighted by Crippen LogP contribution is -2.50. The van der Waals surface area contributed by atoms with Gasteiger partial charge in [-0.05, 0) is 24.8 Å². The van der Waals surface area contributed by atoms with E-state index in [0.717, 1.165) is 12.8 Å². The zero-order valence-electron chi connectivity index (χ0n) is 13.0. The van der Waals surface area contributed by atoms with Crippen molar-refractivity contribution in [2.24, 2.45) is 11.7 Å². The van der Waals surface area contributed by atoms with Crippen molar-refractivity contribution in [2.45, 2.75) is 25.8 Å². The summed E-state index contributed by atoms with van der Waals surface area (Å²) in [4.78, 5) is 24.4. The summed E-state index contributed by atoms with van der Waals surface area (Å²) in [6.45, 7) is 3.01. The molecule has 1 aromatic carbocycles. The van der Waals surface area contributed by atoms with Gasteiger partial charge in [0, 0.05) is 25.2 Å². The van der Waals surface area contributed by atoms with Crippen LogP contribution >= 0.6 is 12.4 Å². The summed E-state index contributed by atoms with van der Waals surface area (Å²) < 4.78 is 5.36. The number of para-hydroxylation sites is 2. The highest BCUT2D eigenvalue weighted by Gasteiger charge is 2.29. The number of hydrogen-bond acceptors (Lipinski definition) is 5. The summed E-state index contributed by atoms with van der Waals surface area (Å²) in [6, 6.07) is 6.06. The van der Waals surface area contributed by atoms with E-state index in [2.05, 4.69) is 6.92 Å². The van der Waals surface area contributed by atoms with Gasteiger partial charge in [-0.3, -0.25) is 14.9 Å². The molecule has 2 N–H and O–H groups in total. The van der Waals surface area contributed by atoms with E-state index in [4.69, 9.17) is 10.5 Å². The van der Waals surface area contributed by atoms with Crippen molar-refractivity contribution >= 4 is 24.0 Å². The van der Waals surface area contributed by atoms with Gasteiger partial charge >= 0.3 is 5.69 Å².